The molecule has 0 atom stereocenters. The van der Waals surface area contributed by atoms with Gasteiger partial charge in [-0.3, -0.25) is 4.79 Å². The fourth-order valence-electron chi connectivity index (χ4n) is 1.28. The minimum absolute atomic E-state index is 0.0714. The summed E-state index contributed by atoms with van der Waals surface area (Å²) in [5.74, 6) is -0.897. The predicted molar refractivity (Wildman–Crippen MR) is 60.0 cm³/mol. The molecule has 3 nitrogen and oxygen atoms in total. The lowest BCUT2D eigenvalue weighted by molar-refractivity contribution is 0.0918. The molecule has 1 rings (SSSR count). The van der Waals surface area contributed by atoms with Crippen molar-refractivity contribution in [1.82, 2.24) is 5.32 Å². The zero-order chi connectivity index (χ0) is 12.0. The van der Waals surface area contributed by atoms with Gasteiger partial charge in [0.15, 0.2) is 0 Å². The van der Waals surface area contributed by atoms with Gasteiger partial charge in [0.2, 0.25) is 0 Å². The molecule has 0 aliphatic heterocycles. The number of hydrogen-bond donors (Lipinski definition) is 1. The molecule has 0 aliphatic rings. The number of halogens is 1. The third-order valence-corrected chi connectivity index (χ3v) is 2.11. The summed E-state index contributed by atoms with van der Waals surface area (Å²) in [5.41, 5.74) is 0.866. The highest BCUT2D eigenvalue weighted by Gasteiger charge is 2.10. The van der Waals surface area contributed by atoms with Crippen LogP contribution in [0.1, 0.15) is 22.8 Å². The van der Waals surface area contributed by atoms with Gasteiger partial charge in [-0.25, -0.2) is 4.39 Å². The largest absolute Gasteiger partial charge is 0.380 e. The third-order valence-electron chi connectivity index (χ3n) is 2.11. The van der Waals surface area contributed by atoms with E-state index < -0.39 is 11.7 Å². The maximum atomic E-state index is 13.4. The van der Waals surface area contributed by atoms with E-state index in [1.807, 2.05) is 6.92 Å². The zero-order valence-electron chi connectivity index (χ0n) is 9.55. The Morgan fingerprint density at radius 2 is 2.25 bits per heavy atom. The molecule has 0 radical (unpaired) electrons. The molecule has 1 amide bonds. The molecule has 0 spiro atoms. The van der Waals surface area contributed by atoms with Crippen LogP contribution in [0, 0.1) is 12.7 Å². The van der Waals surface area contributed by atoms with E-state index in [9.17, 15) is 9.18 Å². The summed E-state index contributed by atoms with van der Waals surface area (Å²) in [6.45, 7) is 5.09. The maximum Gasteiger partial charge on any atom is 0.254 e. The Hall–Kier alpha value is -1.42. The molecule has 0 aromatic heterocycles. The van der Waals surface area contributed by atoms with E-state index in [1.54, 1.807) is 13.0 Å². The van der Waals surface area contributed by atoms with Crippen LogP contribution in [0.3, 0.4) is 0 Å². The summed E-state index contributed by atoms with van der Waals surface area (Å²) in [7, 11) is 0. The van der Waals surface area contributed by atoms with Gasteiger partial charge in [0.25, 0.3) is 5.91 Å². The fourth-order valence-corrected chi connectivity index (χ4v) is 1.28. The monoisotopic (exact) mass is 225 g/mol. The van der Waals surface area contributed by atoms with E-state index in [-0.39, 0.29) is 5.56 Å². The molecule has 0 unspecified atom stereocenters. The van der Waals surface area contributed by atoms with E-state index in [0.717, 1.165) is 5.56 Å². The third kappa shape index (κ3) is 3.62. The molecule has 1 N–H and O–H groups in total. The topological polar surface area (TPSA) is 38.3 Å². The summed E-state index contributed by atoms with van der Waals surface area (Å²) in [5, 5.41) is 2.59. The second kappa shape index (κ2) is 6.23. The minimum Gasteiger partial charge on any atom is -0.380 e. The first-order valence-corrected chi connectivity index (χ1v) is 5.27. The van der Waals surface area contributed by atoms with Crippen LogP contribution in [0.5, 0.6) is 0 Å². The van der Waals surface area contributed by atoms with Crippen molar-refractivity contribution in [2.24, 2.45) is 0 Å². The van der Waals surface area contributed by atoms with Crippen molar-refractivity contribution in [1.29, 1.82) is 0 Å². The van der Waals surface area contributed by atoms with Crippen LogP contribution in [-0.4, -0.2) is 25.7 Å². The molecular formula is C12H16FNO2. The molecular weight excluding hydrogens is 209 g/mol. The van der Waals surface area contributed by atoms with Gasteiger partial charge < -0.3 is 10.1 Å². The molecule has 0 saturated heterocycles. The smallest absolute Gasteiger partial charge is 0.254 e. The van der Waals surface area contributed by atoms with Gasteiger partial charge in [0, 0.05) is 13.2 Å². The number of aryl methyl sites for hydroxylation is 1. The van der Waals surface area contributed by atoms with Crippen molar-refractivity contribution in [3.05, 3.63) is 35.1 Å². The Labute approximate surface area is 94.6 Å². The Kier molecular flexibility index (Phi) is 4.92. The van der Waals surface area contributed by atoms with Gasteiger partial charge >= 0.3 is 0 Å². The number of carbonyl (C=O) groups is 1. The van der Waals surface area contributed by atoms with Gasteiger partial charge in [0.1, 0.15) is 5.82 Å². The normalized spacial score (nSPS) is 10.2. The predicted octanol–water partition coefficient (Wildman–Crippen LogP) is 1.90. The summed E-state index contributed by atoms with van der Waals surface area (Å²) in [4.78, 5) is 11.5. The van der Waals surface area contributed by atoms with Crippen LogP contribution in [0.4, 0.5) is 4.39 Å². The Morgan fingerprint density at radius 1 is 1.50 bits per heavy atom. The summed E-state index contributed by atoms with van der Waals surface area (Å²) in [6.07, 6.45) is 0. The van der Waals surface area contributed by atoms with Crippen molar-refractivity contribution in [2.75, 3.05) is 19.8 Å². The molecule has 88 valence electrons. The lowest BCUT2D eigenvalue weighted by atomic mass is 10.1. The number of nitrogens with one attached hydrogen (secondary N) is 1. The van der Waals surface area contributed by atoms with Crippen LogP contribution in [0.15, 0.2) is 18.2 Å². The van der Waals surface area contributed by atoms with Crippen molar-refractivity contribution in [3.63, 3.8) is 0 Å². The Balaban J connectivity index is 2.53. The number of benzene rings is 1. The van der Waals surface area contributed by atoms with Crippen LogP contribution in [-0.2, 0) is 4.74 Å². The van der Waals surface area contributed by atoms with Gasteiger partial charge in [-0.2, -0.15) is 0 Å². The lowest BCUT2D eigenvalue weighted by Gasteiger charge is -2.06. The number of ether oxygens (including phenoxy) is 1. The molecule has 0 bridgehead atoms. The van der Waals surface area contributed by atoms with E-state index in [4.69, 9.17) is 4.74 Å². The fraction of sp³-hybridized carbons (Fsp3) is 0.417. The number of hydrogen-bond acceptors (Lipinski definition) is 2. The quantitative estimate of drug-likeness (QED) is 0.777. The molecule has 1 aromatic rings. The Bertz CT molecular complexity index is 366. The van der Waals surface area contributed by atoms with E-state index in [2.05, 4.69) is 5.32 Å². The molecule has 0 aliphatic carbocycles. The van der Waals surface area contributed by atoms with Gasteiger partial charge in [0.05, 0.1) is 12.2 Å². The lowest BCUT2D eigenvalue weighted by Crippen LogP contribution is -2.28. The highest BCUT2D eigenvalue weighted by atomic mass is 19.1. The molecule has 0 heterocycles. The van der Waals surface area contributed by atoms with Gasteiger partial charge in [-0.15, -0.1) is 0 Å². The average Bonchev–Trinajstić information content (AvgIpc) is 2.24. The van der Waals surface area contributed by atoms with E-state index in [1.165, 1.54) is 12.1 Å². The molecule has 4 heteroatoms. The van der Waals surface area contributed by atoms with Gasteiger partial charge in [-0.1, -0.05) is 6.07 Å². The second-order valence-corrected chi connectivity index (χ2v) is 3.44. The van der Waals surface area contributed by atoms with Crippen molar-refractivity contribution < 1.29 is 13.9 Å². The van der Waals surface area contributed by atoms with Crippen LogP contribution < -0.4 is 5.32 Å². The van der Waals surface area contributed by atoms with Crippen molar-refractivity contribution in [2.45, 2.75) is 13.8 Å². The number of amides is 1. The molecule has 0 saturated carbocycles. The first-order valence-electron chi connectivity index (χ1n) is 5.27. The van der Waals surface area contributed by atoms with Gasteiger partial charge in [-0.05, 0) is 31.5 Å². The molecule has 16 heavy (non-hydrogen) atoms. The Morgan fingerprint density at radius 3 is 2.88 bits per heavy atom. The van der Waals surface area contributed by atoms with Crippen LogP contribution in [0.25, 0.3) is 0 Å². The first-order chi connectivity index (χ1) is 7.65. The van der Waals surface area contributed by atoms with E-state index >= 15 is 0 Å². The SMILES string of the molecule is CCOCCNC(=O)c1ccc(C)cc1F. The average molecular weight is 225 g/mol. The zero-order valence-corrected chi connectivity index (χ0v) is 9.55. The molecule has 0 fully saturated rings. The van der Waals surface area contributed by atoms with Crippen LogP contribution in [0.2, 0.25) is 0 Å². The maximum absolute atomic E-state index is 13.4. The molecule has 1 aromatic carbocycles. The standard InChI is InChI=1S/C12H16FNO2/c1-3-16-7-6-14-12(15)10-5-4-9(2)8-11(10)13/h4-5,8H,3,6-7H2,1-2H3,(H,14,15). The van der Waals surface area contributed by atoms with Crippen molar-refractivity contribution in [3.8, 4) is 0 Å². The van der Waals surface area contributed by atoms with E-state index in [0.29, 0.717) is 19.8 Å². The number of rotatable bonds is 5. The van der Waals surface area contributed by atoms with Crippen molar-refractivity contribution >= 4 is 5.91 Å². The van der Waals surface area contributed by atoms with Crippen LogP contribution >= 0.6 is 0 Å². The summed E-state index contributed by atoms with van der Waals surface area (Å²) >= 11 is 0. The second-order valence-electron chi connectivity index (χ2n) is 3.44. The highest BCUT2D eigenvalue weighted by molar-refractivity contribution is 5.94. The summed E-state index contributed by atoms with van der Waals surface area (Å²) in [6, 6.07) is 4.54. The number of carbonyl (C=O) groups excluding carboxylic acids is 1. The highest BCUT2D eigenvalue weighted by Crippen LogP contribution is 2.09. The first kappa shape index (κ1) is 12.6. The summed E-state index contributed by atoms with van der Waals surface area (Å²) < 4.78 is 18.4. The minimum atomic E-state index is -0.492.